The SMILES string of the molecule is CC(C)C(=O)NNC(N)=S. The number of hydrazine groups is 1. The first kappa shape index (κ1) is 9.16. The molecule has 4 N–H and O–H groups in total. The number of nitrogens with one attached hydrogen (secondary N) is 2. The lowest BCUT2D eigenvalue weighted by Gasteiger charge is -2.07. The molecule has 0 unspecified atom stereocenters. The lowest BCUT2D eigenvalue weighted by Crippen LogP contribution is -2.45. The Morgan fingerprint density at radius 3 is 2.30 bits per heavy atom. The quantitative estimate of drug-likeness (QED) is 0.358. The third-order valence-electron chi connectivity index (χ3n) is 0.833. The third kappa shape index (κ3) is 4.08. The third-order valence-corrected chi connectivity index (χ3v) is 0.935. The molecule has 1 amide bonds. The van der Waals surface area contributed by atoms with E-state index < -0.39 is 0 Å². The van der Waals surface area contributed by atoms with Gasteiger partial charge in [-0.3, -0.25) is 15.6 Å². The Hall–Kier alpha value is -0.840. The Labute approximate surface area is 65.1 Å². The van der Waals surface area contributed by atoms with Crippen LogP contribution in [-0.4, -0.2) is 11.0 Å². The van der Waals surface area contributed by atoms with Gasteiger partial charge >= 0.3 is 0 Å². The van der Waals surface area contributed by atoms with Crippen molar-refractivity contribution in [2.75, 3.05) is 0 Å². The highest BCUT2D eigenvalue weighted by atomic mass is 32.1. The van der Waals surface area contributed by atoms with E-state index in [9.17, 15) is 4.79 Å². The van der Waals surface area contributed by atoms with Gasteiger partial charge in [-0.25, -0.2) is 0 Å². The zero-order valence-electron chi connectivity index (χ0n) is 5.97. The fourth-order valence-corrected chi connectivity index (χ4v) is 0.319. The van der Waals surface area contributed by atoms with Crippen LogP contribution in [0.3, 0.4) is 0 Å². The average Bonchev–Trinajstić information content (AvgIpc) is 1.82. The summed E-state index contributed by atoms with van der Waals surface area (Å²) in [6.07, 6.45) is 0. The minimum Gasteiger partial charge on any atom is -0.375 e. The second-order valence-corrected chi connectivity index (χ2v) is 2.57. The predicted molar refractivity (Wildman–Crippen MR) is 42.9 cm³/mol. The van der Waals surface area contributed by atoms with Crippen molar-refractivity contribution in [3.8, 4) is 0 Å². The van der Waals surface area contributed by atoms with E-state index in [1.807, 2.05) is 0 Å². The van der Waals surface area contributed by atoms with Crippen molar-refractivity contribution < 1.29 is 4.79 Å². The molecule has 0 aliphatic carbocycles. The Bertz CT molecular complexity index is 146. The second kappa shape index (κ2) is 4.05. The normalized spacial score (nSPS) is 9.10. The van der Waals surface area contributed by atoms with Gasteiger partial charge in [-0.05, 0) is 12.2 Å². The maximum Gasteiger partial charge on any atom is 0.240 e. The maximum absolute atomic E-state index is 10.8. The molecular weight excluding hydrogens is 150 g/mol. The molecule has 0 rings (SSSR count). The van der Waals surface area contributed by atoms with Gasteiger partial charge in [0.2, 0.25) is 5.91 Å². The molecule has 0 atom stereocenters. The highest BCUT2D eigenvalue weighted by Gasteiger charge is 2.04. The molecule has 0 aliphatic heterocycles. The van der Waals surface area contributed by atoms with Crippen LogP contribution >= 0.6 is 12.2 Å². The van der Waals surface area contributed by atoms with Gasteiger partial charge in [-0.1, -0.05) is 13.8 Å². The van der Waals surface area contributed by atoms with Crippen LogP contribution in [-0.2, 0) is 4.79 Å². The largest absolute Gasteiger partial charge is 0.375 e. The average molecular weight is 161 g/mol. The van der Waals surface area contributed by atoms with Gasteiger partial charge in [0.1, 0.15) is 0 Å². The summed E-state index contributed by atoms with van der Waals surface area (Å²) in [6, 6.07) is 0. The van der Waals surface area contributed by atoms with Crippen molar-refractivity contribution in [3.63, 3.8) is 0 Å². The molecule has 0 bridgehead atoms. The van der Waals surface area contributed by atoms with Crippen LogP contribution in [0.25, 0.3) is 0 Å². The van der Waals surface area contributed by atoms with Gasteiger partial charge in [-0.15, -0.1) is 0 Å². The van der Waals surface area contributed by atoms with Crippen molar-refractivity contribution in [1.82, 2.24) is 10.9 Å². The number of carbonyl (C=O) groups excluding carboxylic acids is 1. The Morgan fingerprint density at radius 1 is 1.50 bits per heavy atom. The molecule has 0 aromatic heterocycles. The standard InChI is InChI=1S/C5H11N3OS/c1-3(2)4(9)7-8-5(6)10/h3H,1-2H3,(H,7,9)(H3,6,8,10). The van der Waals surface area contributed by atoms with E-state index in [0.717, 1.165) is 0 Å². The van der Waals surface area contributed by atoms with Crippen LogP contribution in [0.1, 0.15) is 13.8 Å². The number of thiocarbonyl (C=S) groups is 1. The summed E-state index contributed by atoms with van der Waals surface area (Å²) in [5, 5.41) is 0.0639. The zero-order chi connectivity index (χ0) is 8.15. The lowest BCUT2D eigenvalue weighted by atomic mass is 10.2. The molecule has 5 heteroatoms. The van der Waals surface area contributed by atoms with Crippen LogP contribution < -0.4 is 16.6 Å². The molecular formula is C5H11N3OS. The first-order valence-electron chi connectivity index (χ1n) is 2.89. The molecule has 0 saturated carbocycles. The van der Waals surface area contributed by atoms with Gasteiger partial charge in [0.25, 0.3) is 0 Å². The predicted octanol–water partition coefficient (Wildman–Crippen LogP) is -0.493. The molecule has 0 aromatic rings. The highest BCUT2D eigenvalue weighted by Crippen LogP contribution is 1.87. The first-order valence-corrected chi connectivity index (χ1v) is 3.30. The fourth-order valence-electron chi connectivity index (χ4n) is 0.268. The molecule has 0 fully saturated rings. The first-order chi connectivity index (χ1) is 4.54. The van der Waals surface area contributed by atoms with E-state index >= 15 is 0 Å². The van der Waals surface area contributed by atoms with Crippen molar-refractivity contribution in [2.45, 2.75) is 13.8 Å². The van der Waals surface area contributed by atoms with E-state index in [-0.39, 0.29) is 16.9 Å². The molecule has 0 aromatic carbocycles. The fraction of sp³-hybridized carbons (Fsp3) is 0.600. The molecule has 58 valence electrons. The van der Waals surface area contributed by atoms with Crippen molar-refractivity contribution in [2.24, 2.45) is 11.7 Å². The molecule has 0 spiro atoms. The lowest BCUT2D eigenvalue weighted by molar-refractivity contribution is -0.124. The van der Waals surface area contributed by atoms with Crippen molar-refractivity contribution in [1.29, 1.82) is 0 Å². The summed E-state index contributed by atoms with van der Waals surface area (Å²) in [7, 11) is 0. The molecule has 0 radical (unpaired) electrons. The Morgan fingerprint density at radius 2 is 2.00 bits per heavy atom. The minimum absolute atomic E-state index is 0.0639. The molecule has 10 heavy (non-hydrogen) atoms. The molecule has 0 saturated heterocycles. The van der Waals surface area contributed by atoms with E-state index in [1.165, 1.54) is 0 Å². The van der Waals surface area contributed by atoms with Gasteiger partial charge in [-0.2, -0.15) is 0 Å². The Balaban J connectivity index is 3.50. The van der Waals surface area contributed by atoms with Gasteiger partial charge in [0.15, 0.2) is 5.11 Å². The highest BCUT2D eigenvalue weighted by molar-refractivity contribution is 7.80. The van der Waals surface area contributed by atoms with E-state index in [0.29, 0.717) is 0 Å². The Kier molecular flexibility index (Phi) is 3.71. The number of rotatable bonds is 1. The summed E-state index contributed by atoms with van der Waals surface area (Å²) >= 11 is 4.45. The van der Waals surface area contributed by atoms with Crippen LogP contribution in [0.15, 0.2) is 0 Å². The number of carbonyl (C=O) groups is 1. The molecule has 4 nitrogen and oxygen atoms in total. The number of hydrogen-bond acceptors (Lipinski definition) is 2. The van der Waals surface area contributed by atoms with Crippen LogP contribution in [0.5, 0.6) is 0 Å². The summed E-state index contributed by atoms with van der Waals surface area (Å²) < 4.78 is 0. The van der Waals surface area contributed by atoms with E-state index in [2.05, 4.69) is 23.1 Å². The second-order valence-electron chi connectivity index (χ2n) is 2.13. The number of amides is 1. The monoisotopic (exact) mass is 161 g/mol. The summed E-state index contributed by atoms with van der Waals surface area (Å²) in [4.78, 5) is 10.8. The number of nitrogens with two attached hydrogens (primary N) is 1. The van der Waals surface area contributed by atoms with Crippen LogP contribution in [0.2, 0.25) is 0 Å². The van der Waals surface area contributed by atoms with Gasteiger partial charge in [0, 0.05) is 5.92 Å². The van der Waals surface area contributed by atoms with E-state index in [1.54, 1.807) is 13.8 Å². The smallest absolute Gasteiger partial charge is 0.240 e. The molecule has 0 aliphatic rings. The summed E-state index contributed by atoms with van der Waals surface area (Å²) in [6.45, 7) is 3.55. The number of hydrogen-bond donors (Lipinski definition) is 3. The van der Waals surface area contributed by atoms with Crippen molar-refractivity contribution in [3.05, 3.63) is 0 Å². The molecule has 0 heterocycles. The van der Waals surface area contributed by atoms with Gasteiger partial charge < -0.3 is 5.73 Å². The van der Waals surface area contributed by atoms with Crippen LogP contribution in [0, 0.1) is 5.92 Å². The van der Waals surface area contributed by atoms with Crippen LogP contribution in [0.4, 0.5) is 0 Å². The van der Waals surface area contributed by atoms with E-state index in [4.69, 9.17) is 5.73 Å². The summed E-state index contributed by atoms with van der Waals surface area (Å²) in [5.74, 6) is -0.199. The summed E-state index contributed by atoms with van der Waals surface area (Å²) in [5.41, 5.74) is 9.71. The maximum atomic E-state index is 10.8. The zero-order valence-corrected chi connectivity index (χ0v) is 6.79. The van der Waals surface area contributed by atoms with Crippen molar-refractivity contribution >= 4 is 23.2 Å². The minimum atomic E-state index is -0.132. The van der Waals surface area contributed by atoms with Gasteiger partial charge in [0.05, 0.1) is 0 Å². The topological polar surface area (TPSA) is 67.2 Å².